The Labute approximate surface area is 87.3 Å². The maximum absolute atomic E-state index is 12.4. The molecule has 0 atom stereocenters. The van der Waals surface area contributed by atoms with Crippen molar-refractivity contribution < 1.29 is 22.0 Å². The van der Waals surface area contributed by atoms with E-state index in [1.807, 2.05) is 0 Å². The molecule has 0 saturated carbocycles. The largest absolute Gasteiger partial charge is 0.433 e. The zero-order valence-corrected chi connectivity index (χ0v) is 7.85. The van der Waals surface area contributed by atoms with E-state index in [9.17, 15) is 22.0 Å². The highest BCUT2D eigenvalue weighted by Gasteiger charge is 2.36. The quantitative estimate of drug-likeness (QED) is 0.779. The number of pyridine rings is 1. The second kappa shape index (κ2) is 4.20. The molecule has 0 unspecified atom stereocenters. The minimum atomic E-state index is -4.76. The van der Waals surface area contributed by atoms with Crippen LogP contribution in [-0.4, -0.2) is 4.98 Å². The number of nitrogens with two attached hydrogens (primary N) is 2. The average molecular weight is 241 g/mol. The first kappa shape index (κ1) is 12.6. The van der Waals surface area contributed by atoms with Crippen molar-refractivity contribution in [1.82, 2.24) is 4.98 Å². The van der Waals surface area contributed by atoms with Crippen molar-refractivity contribution in [2.24, 2.45) is 5.73 Å². The van der Waals surface area contributed by atoms with Gasteiger partial charge in [0.1, 0.15) is 0 Å². The summed E-state index contributed by atoms with van der Waals surface area (Å²) in [6.07, 6.45) is -7.33. The number of nitrogen functional groups attached to an aromatic ring is 1. The fourth-order valence-electron chi connectivity index (χ4n) is 1.21. The monoisotopic (exact) mass is 241 g/mol. The van der Waals surface area contributed by atoms with Gasteiger partial charge in [-0.2, -0.15) is 13.2 Å². The summed E-state index contributed by atoms with van der Waals surface area (Å²) >= 11 is 0. The summed E-state index contributed by atoms with van der Waals surface area (Å²) < 4.78 is 61.8. The lowest BCUT2D eigenvalue weighted by molar-refractivity contribution is -0.141. The van der Waals surface area contributed by atoms with Crippen molar-refractivity contribution in [3.63, 3.8) is 0 Å². The van der Waals surface area contributed by atoms with Crippen molar-refractivity contribution in [1.29, 1.82) is 0 Å². The Morgan fingerprint density at radius 3 is 2.25 bits per heavy atom. The van der Waals surface area contributed by atoms with E-state index in [-0.39, 0.29) is 0 Å². The Bertz CT molecular complexity index is 388. The molecule has 0 aliphatic carbocycles. The van der Waals surface area contributed by atoms with Crippen LogP contribution in [0.1, 0.15) is 23.2 Å². The van der Waals surface area contributed by atoms with Crippen molar-refractivity contribution in [3.8, 4) is 0 Å². The van der Waals surface area contributed by atoms with E-state index in [4.69, 9.17) is 11.5 Å². The molecule has 90 valence electrons. The molecular formula is C8H8F5N3. The van der Waals surface area contributed by atoms with E-state index >= 15 is 0 Å². The molecule has 0 spiro atoms. The summed E-state index contributed by atoms with van der Waals surface area (Å²) in [4.78, 5) is 2.94. The topological polar surface area (TPSA) is 64.9 Å². The smallest absolute Gasteiger partial charge is 0.398 e. The van der Waals surface area contributed by atoms with Crippen molar-refractivity contribution in [2.75, 3.05) is 5.73 Å². The van der Waals surface area contributed by atoms with Gasteiger partial charge in [0, 0.05) is 24.0 Å². The van der Waals surface area contributed by atoms with Crippen LogP contribution in [0.3, 0.4) is 0 Å². The molecule has 0 bridgehead atoms. The van der Waals surface area contributed by atoms with Gasteiger partial charge in [0.25, 0.3) is 6.43 Å². The van der Waals surface area contributed by atoms with E-state index in [1.54, 1.807) is 0 Å². The number of hydrogen-bond acceptors (Lipinski definition) is 3. The van der Waals surface area contributed by atoms with Crippen LogP contribution in [0.15, 0.2) is 6.20 Å². The average Bonchev–Trinajstić information content (AvgIpc) is 2.15. The van der Waals surface area contributed by atoms with Crippen molar-refractivity contribution in [2.45, 2.75) is 19.1 Å². The zero-order chi connectivity index (χ0) is 12.5. The molecule has 1 aromatic rings. The maximum atomic E-state index is 12.4. The predicted molar refractivity (Wildman–Crippen MR) is 46.5 cm³/mol. The fourth-order valence-corrected chi connectivity index (χ4v) is 1.21. The molecule has 16 heavy (non-hydrogen) atoms. The van der Waals surface area contributed by atoms with Crippen LogP contribution in [0.2, 0.25) is 0 Å². The summed E-state index contributed by atoms with van der Waals surface area (Å²) in [6.45, 7) is -0.603. The van der Waals surface area contributed by atoms with Crippen LogP contribution in [0.25, 0.3) is 0 Å². The third-order valence-electron chi connectivity index (χ3n) is 1.96. The van der Waals surface area contributed by atoms with Gasteiger partial charge in [0.15, 0.2) is 5.69 Å². The SMILES string of the molecule is NCc1c(C(F)(F)F)ncc(C(F)F)c1N. The lowest BCUT2D eigenvalue weighted by Crippen LogP contribution is -2.17. The minimum Gasteiger partial charge on any atom is -0.398 e. The first-order valence-corrected chi connectivity index (χ1v) is 4.11. The predicted octanol–water partition coefficient (Wildman–Crippen LogP) is 2.08. The molecule has 0 amide bonds. The highest BCUT2D eigenvalue weighted by molar-refractivity contribution is 5.55. The number of aromatic nitrogens is 1. The van der Waals surface area contributed by atoms with E-state index in [0.29, 0.717) is 6.20 Å². The Morgan fingerprint density at radius 2 is 1.88 bits per heavy atom. The number of rotatable bonds is 2. The molecule has 1 aromatic heterocycles. The van der Waals surface area contributed by atoms with Gasteiger partial charge in [-0.25, -0.2) is 8.78 Å². The minimum absolute atomic E-state index is 0.419. The molecule has 0 aliphatic rings. The number of hydrogen-bond donors (Lipinski definition) is 2. The lowest BCUT2D eigenvalue weighted by atomic mass is 10.1. The molecule has 1 heterocycles. The second-order valence-electron chi connectivity index (χ2n) is 2.96. The van der Waals surface area contributed by atoms with Gasteiger partial charge in [-0.3, -0.25) is 4.98 Å². The molecule has 3 nitrogen and oxygen atoms in total. The van der Waals surface area contributed by atoms with Gasteiger partial charge in [-0.15, -0.1) is 0 Å². The second-order valence-corrected chi connectivity index (χ2v) is 2.96. The van der Waals surface area contributed by atoms with Crippen molar-refractivity contribution >= 4 is 5.69 Å². The zero-order valence-electron chi connectivity index (χ0n) is 7.85. The Kier molecular flexibility index (Phi) is 3.32. The molecule has 1 rings (SSSR count). The Balaban J connectivity index is 3.41. The number of nitrogens with zero attached hydrogens (tertiary/aromatic N) is 1. The first-order valence-electron chi connectivity index (χ1n) is 4.11. The molecule has 0 aliphatic heterocycles. The van der Waals surface area contributed by atoms with E-state index in [1.165, 1.54) is 0 Å². The highest BCUT2D eigenvalue weighted by Crippen LogP contribution is 2.36. The van der Waals surface area contributed by atoms with Gasteiger partial charge in [0.2, 0.25) is 0 Å². The van der Waals surface area contributed by atoms with Gasteiger partial charge in [-0.1, -0.05) is 0 Å². The van der Waals surface area contributed by atoms with Crippen LogP contribution in [0.4, 0.5) is 27.6 Å². The maximum Gasteiger partial charge on any atom is 0.433 e. The third-order valence-corrected chi connectivity index (χ3v) is 1.96. The molecule has 0 saturated heterocycles. The van der Waals surface area contributed by atoms with Gasteiger partial charge in [-0.05, 0) is 0 Å². The number of alkyl halides is 5. The van der Waals surface area contributed by atoms with E-state index < -0.39 is 41.7 Å². The Hall–Kier alpha value is -1.44. The van der Waals surface area contributed by atoms with Crippen LogP contribution in [0.5, 0.6) is 0 Å². The van der Waals surface area contributed by atoms with E-state index in [2.05, 4.69) is 4.98 Å². The van der Waals surface area contributed by atoms with Gasteiger partial charge >= 0.3 is 6.18 Å². The first-order chi connectivity index (χ1) is 7.29. The summed E-state index contributed by atoms with van der Waals surface area (Å²) in [6, 6.07) is 0. The summed E-state index contributed by atoms with van der Waals surface area (Å²) in [5.41, 5.74) is 6.92. The normalized spacial score (nSPS) is 12.2. The molecule has 0 radical (unpaired) electrons. The highest BCUT2D eigenvalue weighted by atomic mass is 19.4. The third kappa shape index (κ3) is 2.21. The van der Waals surface area contributed by atoms with Crippen LogP contribution in [-0.2, 0) is 12.7 Å². The molecule has 0 fully saturated rings. The van der Waals surface area contributed by atoms with Gasteiger partial charge in [0.05, 0.1) is 5.56 Å². The van der Waals surface area contributed by atoms with Crippen LogP contribution >= 0.6 is 0 Å². The number of halogens is 5. The summed E-state index contributed by atoms with van der Waals surface area (Å²) in [7, 11) is 0. The van der Waals surface area contributed by atoms with E-state index in [0.717, 1.165) is 0 Å². The van der Waals surface area contributed by atoms with Crippen molar-refractivity contribution in [3.05, 3.63) is 23.0 Å². The molecular weight excluding hydrogens is 233 g/mol. The van der Waals surface area contributed by atoms with Gasteiger partial charge < -0.3 is 11.5 Å². The number of anilines is 1. The lowest BCUT2D eigenvalue weighted by Gasteiger charge is -2.15. The standard InChI is InChI=1S/C8H8F5N3/c9-7(10)4-2-16-6(8(11,12)13)3(1-14)5(4)15/h2,7H,1,14H2,(H2,15,16). The summed E-state index contributed by atoms with van der Waals surface area (Å²) in [5.74, 6) is 0. The summed E-state index contributed by atoms with van der Waals surface area (Å²) in [5, 5.41) is 0. The van der Waals surface area contributed by atoms with Crippen LogP contribution in [0, 0.1) is 0 Å². The molecule has 0 aromatic carbocycles. The molecule has 8 heteroatoms. The van der Waals surface area contributed by atoms with Crippen LogP contribution < -0.4 is 11.5 Å². The molecule has 4 N–H and O–H groups in total. The Morgan fingerprint density at radius 1 is 1.31 bits per heavy atom. The fraction of sp³-hybridized carbons (Fsp3) is 0.375.